The van der Waals surface area contributed by atoms with E-state index in [1.807, 2.05) is 6.07 Å². The highest BCUT2D eigenvalue weighted by molar-refractivity contribution is 5.96. The van der Waals surface area contributed by atoms with Gasteiger partial charge >= 0.3 is 5.97 Å². The molecule has 78 valence electrons. The van der Waals surface area contributed by atoms with Crippen LogP contribution in [-0.4, -0.2) is 20.2 Å². The van der Waals surface area contributed by atoms with Crippen LogP contribution in [0.1, 0.15) is 15.9 Å². The molecule has 0 atom stereocenters. The van der Waals surface area contributed by atoms with Crippen molar-refractivity contribution in [2.75, 3.05) is 20.0 Å². The first kappa shape index (κ1) is 10.9. The minimum Gasteiger partial charge on any atom is -0.495 e. The first-order valence-electron chi connectivity index (χ1n) is 4.10. The zero-order valence-corrected chi connectivity index (χ0v) is 8.40. The van der Waals surface area contributed by atoms with Crippen molar-refractivity contribution in [1.29, 1.82) is 5.26 Å². The molecule has 5 nitrogen and oxygen atoms in total. The van der Waals surface area contributed by atoms with Gasteiger partial charge in [0.2, 0.25) is 0 Å². The third-order valence-electron chi connectivity index (χ3n) is 1.90. The van der Waals surface area contributed by atoms with E-state index in [2.05, 4.69) is 4.74 Å². The summed E-state index contributed by atoms with van der Waals surface area (Å²) in [6.45, 7) is 0. The first-order chi connectivity index (χ1) is 7.13. The van der Waals surface area contributed by atoms with Crippen molar-refractivity contribution in [1.82, 2.24) is 0 Å². The average molecular weight is 206 g/mol. The molecule has 0 heterocycles. The molecule has 0 fully saturated rings. The van der Waals surface area contributed by atoms with Gasteiger partial charge in [0.15, 0.2) is 0 Å². The number of nitrogens with zero attached hydrogens (tertiary/aromatic N) is 1. The molecule has 0 bridgehead atoms. The number of nitriles is 1. The standard InChI is InChI=1S/C10H10N2O3/c1-14-9-4-8(12)7(10(13)15-2)3-6(9)5-11/h3-4H,12H2,1-2H3. The van der Waals surface area contributed by atoms with Crippen molar-refractivity contribution in [3.05, 3.63) is 23.3 Å². The van der Waals surface area contributed by atoms with Gasteiger partial charge < -0.3 is 15.2 Å². The summed E-state index contributed by atoms with van der Waals surface area (Å²) in [4.78, 5) is 11.2. The first-order valence-corrected chi connectivity index (χ1v) is 4.10. The molecule has 0 saturated heterocycles. The van der Waals surface area contributed by atoms with Gasteiger partial charge in [-0.05, 0) is 6.07 Å². The van der Waals surface area contributed by atoms with Crippen LogP contribution in [0.4, 0.5) is 5.69 Å². The number of hydrogen-bond acceptors (Lipinski definition) is 5. The van der Waals surface area contributed by atoms with E-state index in [4.69, 9.17) is 15.7 Å². The molecule has 0 spiro atoms. The van der Waals surface area contributed by atoms with Crippen molar-refractivity contribution < 1.29 is 14.3 Å². The van der Waals surface area contributed by atoms with Gasteiger partial charge in [-0.2, -0.15) is 5.26 Å². The summed E-state index contributed by atoms with van der Waals surface area (Å²) in [6, 6.07) is 4.67. The van der Waals surface area contributed by atoms with E-state index >= 15 is 0 Å². The summed E-state index contributed by atoms with van der Waals surface area (Å²) in [7, 11) is 2.67. The van der Waals surface area contributed by atoms with Crippen LogP contribution in [0, 0.1) is 11.3 Å². The lowest BCUT2D eigenvalue weighted by Gasteiger charge is -2.07. The van der Waals surface area contributed by atoms with Gasteiger partial charge in [0.05, 0.1) is 25.3 Å². The van der Waals surface area contributed by atoms with Gasteiger partial charge in [-0.15, -0.1) is 0 Å². The van der Waals surface area contributed by atoms with E-state index in [1.165, 1.54) is 26.4 Å². The number of esters is 1. The number of ether oxygens (including phenoxy) is 2. The van der Waals surface area contributed by atoms with E-state index in [0.29, 0.717) is 5.75 Å². The van der Waals surface area contributed by atoms with Crippen molar-refractivity contribution in [2.45, 2.75) is 0 Å². The van der Waals surface area contributed by atoms with Crippen LogP contribution in [0.3, 0.4) is 0 Å². The predicted molar refractivity (Wildman–Crippen MR) is 53.5 cm³/mol. The van der Waals surface area contributed by atoms with E-state index < -0.39 is 5.97 Å². The Morgan fingerprint density at radius 1 is 1.47 bits per heavy atom. The van der Waals surface area contributed by atoms with E-state index in [-0.39, 0.29) is 16.8 Å². The molecule has 0 amide bonds. The monoisotopic (exact) mass is 206 g/mol. The van der Waals surface area contributed by atoms with Crippen LogP contribution in [0.5, 0.6) is 5.75 Å². The number of methoxy groups -OCH3 is 2. The maximum atomic E-state index is 11.2. The molecule has 0 aliphatic heterocycles. The Labute approximate surface area is 87.0 Å². The number of anilines is 1. The third-order valence-corrected chi connectivity index (χ3v) is 1.90. The normalized spacial score (nSPS) is 9.13. The zero-order valence-electron chi connectivity index (χ0n) is 8.40. The Morgan fingerprint density at radius 3 is 2.60 bits per heavy atom. The molecule has 5 heteroatoms. The molecule has 0 radical (unpaired) electrons. The van der Waals surface area contributed by atoms with E-state index in [1.54, 1.807) is 0 Å². The summed E-state index contributed by atoms with van der Waals surface area (Å²) in [5, 5.41) is 8.80. The Balaban J connectivity index is 3.33. The molecule has 1 aromatic carbocycles. The Bertz CT molecular complexity index is 435. The van der Waals surface area contributed by atoms with Crippen molar-refractivity contribution >= 4 is 11.7 Å². The summed E-state index contributed by atoms with van der Waals surface area (Å²) >= 11 is 0. The smallest absolute Gasteiger partial charge is 0.340 e. The zero-order chi connectivity index (χ0) is 11.4. The molecule has 0 aliphatic carbocycles. The van der Waals surface area contributed by atoms with Crippen LogP contribution in [0.25, 0.3) is 0 Å². The molecular formula is C10H10N2O3. The number of benzene rings is 1. The molecule has 0 saturated carbocycles. The number of nitrogens with two attached hydrogens (primary N) is 1. The van der Waals surface area contributed by atoms with Crippen LogP contribution in [-0.2, 0) is 4.74 Å². The van der Waals surface area contributed by atoms with Crippen LogP contribution in [0.15, 0.2) is 12.1 Å². The van der Waals surface area contributed by atoms with Crippen molar-refractivity contribution in [2.24, 2.45) is 0 Å². The summed E-state index contributed by atoms with van der Waals surface area (Å²) in [5.74, 6) is -0.241. The largest absolute Gasteiger partial charge is 0.495 e. The number of carbonyl (C=O) groups excluding carboxylic acids is 1. The second-order valence-corrected chi connectivity index (χ2v) is 2.74. The summed E-state index contributed by atoms with van der Waals surface area (Å²) in [6.07, 6.45) is 0. The van der Waals surface area contributed by atoms with Gasteiger partial charge in [-0.25, -0.2) is 4.79 Å². The van der Waals surface area contributed by atoms with Crippen LogP contribution in [0.2, 0.25) is 0 Å². The molecule has 0 aliphatic rings. The topological polar surface area (TPSA) is 85.3 Å². The minimum absolute atomic E-state index is 0.162. The second kappa shape index (κ2) is 4.33. The number of carbonyl (C=O) groups is 1. The predicted octanol–water partition coefficient (Wildman–Crippen LogP) is 0.936. The third kappa shape index (κ3) is 1.99. The molecule has 1 aromatic rings. The van der Waals surface area contributed by atoms with Crippen LogP contribution >= 0.6 is 0 Å². The lowest BCUT2D eigenvalue weighted by Crippen LogP contribution is -2.06. The fraction of sp³-hybridized carbons (Fsp3) is 0.200. The van der Waals surface area contributed by atoms with Gasteiger partial charge in [0.1, 0.15) is 11.8 Å². The van der Waals surface area contributed by atoms with Gasteiger partial charge in [-0.1, -0.05) is 0 Å². The average Bonchev–Trinajstić information content (AvgIpc) is 2.27. The van der Waals surface area contributed by atoms with Gasteiger partial charge in [0.25, 0.3) is 0 Å². The maximum absolute atomic E-state index is 11.2. The molecular weight excluding hydrogens is 196 g/mol. The lowest BCUT2D eigenvalue weighted by atomic mass is 10.1. The fourth-order valence-corrected chi connectivity index (χ4v) is 1.14. The van der Waals surface area contributed by atoms with E-state index in [9.17, 15) is 4.79 Å². The highest BCUT2D eigenvalue weighted by Crippen LogP contribution is 2.25. The van der Waals surface area contributed by atoms with Crippen molar-refractivity contribution in [3.63, 3.8) is 0 Å². The number of nitrogen functional groups attached to an aromatic ring is 1. The summed E-state index contributed by atoms with van der Waals surface area (Å²) < 4.78 is 9.45. The SMILES string of the molecule is COC(=O)c1cc(C#N)c(OC)cc1N. The molecule has 0 unspecified atom stereocenters. The molecule has 15 heavy (non-hydrogen) atoms. The lowest BCUT2D eigenvalue weighted by molar-refractivity contribution is 0.0602. The maximum Gasteiger partial charge on any atom is 0.340 e. The Morgan fingerprint density at radius 2 is 2.13 bits per heavy atom. The van der Waals surface area contributed by atoms with E-state index in [0.717, 1.165) is 0 Å². The Kier molecular flexibility index (Phi) is 3.13. The summed E-state index contributed by atoms with van der Waals surface area (Å²) in [5.41, 5.74) is 6.23. The molecule has 2 N–H and O–H groups in total. The highest BCUT2D eigenvalue weighted by atomic mass is 16.5. The quantitative estimate of drug-likeness (QED) is 0.574. The minimum atomic E-state index is -0.577. The van der Waals surface area contributed by atoms with Crippen molar-refractivity contribution in [3.8, 4) is 11.8 Å². The number of rotatable bonds is 2. The van der Waals surface area contributed by atoms with Gasteiger partial charge in [-0.3, -0.25) is 0 Å². The molecule has 0 aromatic heterocycles. The van der Waals surface area contributed by atoms with Gasteiger partial charge in [0, 0.05) is 11.8 Å². The molecule has 1 rings (SSSR count). The fourth-order valence-electron chi connectivity index (χ4n) is 1.14. The van der Waals surface area contributed by atoms with Crippen LogP contribution < -0.4 is 10.5 Å². The Hall–Kier alpha value is -2.22. The second-order valence-electron chi connectivity index (χ2n) is 2.74. The highest BCUT2D eigenvalue weighted by Gasteiger charge is 2.14. The number of hydrogen-bond donors (Lipinski definition) is 1.